The molecule has 1 atom stereocenters. The molecule has 1 unspecified atom stereocenters. The first kappa shape index (κ1) is 23.3. The molecule has 168 valence electrons. The molecule has 32 heavy (non-hydrogen) atoms. The fourth-order valence-electron chi connectivity index (χ4n) is 3.38. The van der Waals surface area contributed by atoms with Crippen LogP contribution in [0.25, 0.3) is 0 Å². The molecule has 1 saturated heterocycles. The number of hydrogen-bond donors (Lipinski definition) is 2. The van der Waals surface area contributed by atoms with Gasteiger partial charge < -0.3 is 15.5 Å². The third-order valence-electron chi connectivity index (χ3n) is 5.07. The van der Waals surface area contributed by atoms with Crippen LogP contribution in [-0.4, -0.2) is 47.2 Å². The zero-order valence-corrected chi connectivity index (χ0v) is 18.4. The minimum Gasteiger partial charge on any atom is -0.340 e. The molecule has 10 heteroatoms. The number of rotatable bonds is 9. The first-order chi connectivity index (χ1) is 15.4. The second kappa shape index (κ2) is 10.8. The lowest BCUT2D eigenvalue weighted by Crippen LogP contribution is -2.44. The second-order valence-corrected chi connectivity index (χ2v) is 8.29. The number of thioether (sulfide) groups is 1. The van der Waals surface area contributed by atoms with Gasteiger partial charge in [0.1, 0.15) is 6.04 Å². The van der Waals surface area contributed by atoms with E-state index >= 15 is 0 Å². The molecule has 0 saturated carbocycles. The Morgan fingerprint density at radius 2 is 1.97 bits per heavy atom. The molecule has 3 rings (SSSR count). The summed E-state index contributed by atoms with van der Waals surface area (Å²) in [6.07, 6.45) is 3.67. The monoisotopic (exact) mass is 456 g/mol. The topological polar surface area (TPSA) is 122 Å². The van der Waals surface area contributed by atoms with Crippen LogP contribution in [0.3, 0.4) is 0 Å². The van der Waals surface area contributed by atoms with Gasteiger partial charge in [-0.2, -0.15) is 11.8 Å². The van der Waals surface area contributed by atoms with Gasteiger partial charge in [-0.05, 0) is 55.2 Å². The van der Waals surface area contributed by atoms with Crippen molar-refractivity contribution in [3.8, 4) is 0 Å². The highest BCUT2D eigenvalue weighted by Gasteiger charge is 2.23. The Morgan fingerprint density at radius 3 is 2.59 bits per heavy atom. The molecule has 0 aromatic heterocycles. The largest absolute Gasteiger partial charge is 0.340 e. The molecule has 1 heterocycles. The van der Waals surface area contributed by atoms with Crippen LogP contribution in [-0.2, 0) is 9.59 Å². The Bertz CT molecular complexity index is 1010. The van der Waals surface area contributed by atoms with Crippen molar-refractivity contribution in [2.45, 2.75) is 25.3 Å². The smallest absolute Gasteiger partial charge is 0.270 e. The first-order valence-electron chi connectivity index (χ1n) is 10.1. The molecule has 9 nitrogen and oxygen atoms in total. The van der Waals surface area contributed by atoms with E-state index in [-0.39, 0.29) is 23.1 Å². The van der Waals surface area contributed by atoms with Crippen LogP contribution in [0.15, 0.2) is 48.5 Å². The number of carbonyl (C=O) groups is 3. The van der Waals surface area contributed by atoms with E-state index in [0.29, 0.717) is 30.8 Å². The summed E-state index contributed by atoms with van der Waals surface area (Å²) >= 11 is 1.54. The number of nitro benzene ring substituents is 1. The maximum Gasteiger partial charge on any atom is 0.270 e. The van der Waals surface area contributed by atoms with E-state index in [1.165, 1.54) is 24.3 Å². The van der Waals surface area contributed by atoms with Gasteiger partial charge in [-0.25, -0.2) is 0 Å². The molecule has 2 N–H and O–H groups in total. The normalized spacial score (nSPS) is 14.2. The number of carbonyl (C=O) groups excluding carboxylic acids is 3. The standard InChI is InChI=1S/C22H24N4O5S/c1-32-13-11-19(24-21(28)15-4-2-5-18(14-15)26(30)31)22(29)23-16-7-9-17(10-8-16)25-12-3-6-20(25)27/h2,4-5,7-10,14,19H,3,6,11-13H2,1H3,(H,23,29)(H,24,28). The second-order valence-electron chi connectivity index (χ2n) is 7.30. The van der Waals surface area contributed by atoms with Gasteiger partial charge in [-0.15, -0.1) is 0 Å². The van der Waals surface area contributed by atoms with Gasteiger partial charge in [-0.3, -0.25) is 24.5 Å². The number of nitrogens with one attached hydrogen (secondary N) is 2. The Labute approximate surface area is 189 Å². The number of benzene rings is 2. The van der Waals surface area contributed by atoms with E-state index in [4.69, 9.17) is 0 Å². The highest BCUT2D eigenvalue weighted by atomic mass is 32.2. The third-order valence-corrected chi connectivity index (χ3v) is 5.72. The zero-order valence-electron chi connectivity index (χ0n) is 17.6. The molecule has 0 aliphatic carbocycles. The third kappa shape index (κ3) is 5.85. The van der Waals surface area contributed by atoms with E-state index in [1.54, 1.807) is 40.9 Å². The average molecular weight is 457 g/mol. The van der Waals surface area contributed by atoms with Gasteiger partial charge in [0.15, 0.2) is 0 Å². The van der Waals surface area contributed by atoms with E-state index in [9.17, 15) is 24.5 Å². The van der Waals surface area contributed by atoms with Gasteiger partial charge in [0.05, 0.1) is 4.92 Å². The van der Waals surface area contributed by atoms with Crippen molar-refractivity contribution in [1.82, 2.24) is 5.32 Å². The van der Waals surface area contributed by atoms with Crippen molar-refractivity contribution in [3.63, 3.8) is 0 Å². The van der Waals surface area contributed by atoms with Crippen LogP contribution in [0, 0.1) is 10.1 Å². The van der Waals surface area contributed by atoms with E-state index in [2.05, 4.69) is 10.6 Å². The molecule has 1 aliphatic heterocycles. The molecule has 0 radical (unpaired) electrons. The molecule has 1 fully saturated rings. The summed E-state index contributed by atoms with van der Waals surface area (Å²) in [5.41, 5.74) is 1.24. The lowest BCUT2D eigenvalue weighted by atomic mass is 10.1. The highest BCUT2D eigenvalue weighted by molar-refractivity contribution is 7.98. The van der Waals surface area contributed by atoms with E-state index < -0.39 is 16.9 Å². The molecule has 2 aromatic carbocycles. The quantitative estimate of drug-likeness (QED) is 0.441. The van der Waals surface area contributed by atoms with Crippen molar-refractivity contribution in [2.75, 3.05) is 28.8 Å². The van der Waals surface area contributed by atoms with Crippen molar-refractivity contribution in [3.05, 3.63) is 64.2 Å². The molecular weight excluding hydrogens is 432 g/mol. The van der Waals surface area contributed by atoms with Crippen LogP contribution in [0.1, 0.15) is 29.6 Å². The van der Waals surface area contributed by atoms with Crippen molar-refractivity contribution >= 4 is 46.5 Å². The van der Waals surface area contributed by atoms with Crippen molar-refractivity contribution < 1.29 is 19.3 Å². The zero-order chi connectivity index (χ0) is 23.1. The van der Waals surface area contributed by atoms with Gasteiger partial charge in [0.2, 0.25) is 11.8 Å². The number of hydrogen-bond acceptors (Lipinski definition) is 6. The number of anilines is 2. The lowest BCUT2D eigenvalue weighted by molar-refractivity contribution is -0.384. The highest BCUT2D eigenvalue weighted by Crippen LogP contribution is 2.23. The fraction of sp³-hybridized carbons (Fsp3) is 0.318. The maximum absolute atomic E-state index is 12.8. The minimum absolute atomic E-state index is 0.0859. The number of non-ortho nitro benzene ring substituents is 1. The van der Waals surface area contributed by atoms with E-state index in [0.717, 1.165) is 12.1 Å². The maximum atomic E-state index is 12.8. The molecule has 2 aromatic rings. The first-order valence-corrected chi connectivity index (χ1v) is 11.5. The van der Waals surface area contributed by atoms with Crippen LogP contribution in [0.2, 0.25) is 0 Å². The van der Waals surface area contributed by atoms with Gasteiger partial charge >= 0.3 is 0 Å². The fourth-order valence-corrected chi connectivity index (χ4v) is 3.85. The van der Waals surface area contributed by atoms with Crippen LogP contribution >= 0.6 is 11.8 Å². The number of amides is 3. The summed E-state index contributed by atoms with van der Waals surface area (Å²) in [6, 6.07) is 11.5. The Kier molecular flexibility index (Phi) is 7.82. The molecule has 0 bridgehead atoms. The molecular formula is C22H24N4O5S. The van der Waals surface area contributed by atoms with Crippen molar-refractivity contribution in [2.24, 2.45) is 0 Å². The van der Waals surface area contributed by atoms with Crippen LogP contribution in [0.5, 0.6) is 0 Å². The number of nitrogens with zero attached hydrogens (tertiary/aromatic N) is 2. The van der Waals surface area contributed by atoms with E-state index in [1.807, 2.05) is 6.26 Å². The summed E-state index contributed by atoms with van der Waals surface area (Å²) in [4.78, 5) is 49.4. The van der Waals surface area contributed by atoms with Crippen LogP contribution < -0.4 is 15.5 Å². The molecule has 1 aliphatic rings. The predicted molar refractivity (Wildman–Crippen MR) is 124 cm³/mol. The average Bonchev–Trinajstić information content (AvgIpc) is 3.22. The van der Waals surface area contributed by atoms with Gasteiger partial charge in [0, 0.05) is 42.0 Å². The Hall–Kier alpha value is -3.40. The molecule has 3 amide bonds. The summed E-state index contributed by atoms with van der Waals surface area (Å²) in [5, 5.41) is 16.4. The molecule has 0 spiro atoms. The van der Waals surface area contributed by atoms with Crippen molar-refractivity contribution in [1.29, 1.82) is 0 Å². The SMILES string of the molecule is CSCCC(NC(=O)c1cccc([N+](=O)[O-])c1)C(=O)Nc1ccc(N2CCCC2=O)cc1. The Balaban J connectivity index is 1.67. The number of nitro groups is 1. The lowest BCUT2D eigenvalue weighted by Gasteiger charge is -2.19. The predicted octanol–water partition coefficient (Wildman–Crippen LogP) is 3.21. The Morgan fingerprint density at radius 1 is 1.22 bits per heavy atom. The van der Waals surface area contributed by atoms with Crippen LogP contribution in [0.4, 0.5) is 17.1 Å². The summed E-state index contributed by atoms with van der Waals surface area (Å²) in [6.45, 7) is 0.685. The summed E-state index contributed by atoms with van der Waals surface area (Å²) in [7, 11) is 0. The summed E-state index contributed by atoms with van der Waals surface area (Å²) in [5.74, 6) is -0.216. The van der Waals surface area contributed by atoms with Gasteiger partial charge in [0.25, 0.3) is 11.6 Å². The minimum atomic E-state index is -0.811. The summed E-state index contributed by atoms with van der Waals surface area (Å²) < 4.78 is 0. The van der Waals surface area contributed by atoms with Gasteiger partial charge in [-0.1, -0.05) is 6.07 Å².